The first-order valence-corrected chi connectivity index (χ1v) is 6.54. The lowest BCUT2D eigenvalue weighted by Crippen LogP contribution is -2.22. The zero-order valence-corrected chi connectivity index (χ0v) is 10.4. The van der Waals surface area contributed by atoms with Gasteiger partial charge in [-0.25, -0.2) is 4.79 Å². The van der Waals surface area contributed by atoms with Gasteiger partial charge in [-0.2, -0.15) is 11.8 Å². The van der Waals surface area contributed by atoms with Gasteiger partial charge in [0.25, 0.3) is 5.56 Å². The molecule has 0 aliphatic rings. The highest BCUT2D eigenvalue weighted by Gasteiger charge is 2.00. The number of aromatic amines is 2. The lowest BCUT2D eigenvalue weighted by molar-refractivity contribution is 0.986. The zero-order valence-electron chi connectivity index (χ0n) is 9.60. The molecule has 4 N–H and O–H groups in total. The van der Waals surface area contributed by atoms with Gasteiger partial charge in [-0.1, -0.05) is 18.2 Å². The van der Waals surface area contributed by atoms with Gasteiger partial charge in [0.15, 0.2) is 0 Å². The van der Waals surface area contributed by atoms with Gasteiger partial charge in [-0.05, 0) is 11.6 Å². The predicted molar refractivity (Wildman–Crippen MR) is 73.5 cm³/mol. The van der Waals surface area contributed by atoms with Crippen LogP contribution in [0.1, 0.15) is 11.3 Å². The first-order chi connectivity index (χ1) is 8.65. The topological polar surface area (TPSA) is 91.7 Å². The van der Waals surface area contributed by atoms with Crippen LogP contribution in [0.25, 0.3) is 0 Å². The zero-order chi connectivity index (χ0) is 13.0. The first kappa shape index (κ1) is 12.5. The number of nitrogen functional groups attached to an aromatic ring is 1. The van der Waals surface area contributed by atoms with Crippen LogP contribution in [-0.2, 0) is 11.5 Å². The Morgan fingerprint density at radius 3 is 2.61 bits per heavy atom. The normalized spacial score (nSPS) is 10.4. The van der Waals surface area contributed by atoms with Crippen LogP contribution in [0.4, 0.5) is 5.69 Å². The standard InChI is InChI=1S/C12H13N3O2S/c13-10-4-2-1-3-8(10)6-18-7-9-5-11(16)15-12(17)14-9/h1-5H,6-7,13H2,(H2,14,15,16,17). The molecule has 0 radical (unpaired) electrons. The maximum Gasteiger partial charge on any atom is 0.325 e. The largest absolute Gasteiger partial charge is 0.398 e. The fourth-order valence-corrected chi connectivity index (χ4v) is 2.49. The molecule has 6 heteroatoms. The van der Waals surface area contributed by atoms with Crippen LogP contribution >= 0.6 is 11.8 Å². The fraction of sp³-hybridized carbons (Fsp3) is 0.167. The third-order valence-electron chi connectivity index (χ3n) is 2.39. The average molecular weight is 263 g/mol. The van der Waals surface area contributed by atoms with Gasteiger partial charge >= 0.3 is 5.69 Å². The van der Waals surface area contributed by atoms with Crippen molar-refractivity contribution >= 4 is 17.4 Å². The third-order valence-corrected chi connectivity index (χ3v) is 3.42. The van der Waals surface area contributed by atoms with Crippen LogP contribution in [0.2, 0.25) is 0 Å². The number of anilines is 1. The summed E-state index contributed by atoms with van der Waals surface area (Å²) in [6, 6.07) is 9.02. The first-order valence-electron chi connectivity index (χ1n) is 5.39. The van der Waals surface area contributed by atoms with Crippen molar-refractivity contribution < 1.29 is 0 Å². The molecular formula is C12H13N3O2S. The van der Waals surface area contributed by atoms with E-state index in [0.29, 0.717) is 11.4 Å². The molecule has 0 aliphatic carbocycles. The molecule has 1 heterocycles. The molecule has 2 rings (SSSR count). The van der Waals surface area contributed by atoms with Crippen molar-refractivity contribution in [1.29, 1.82) is 0 Å². The van der Waals surface area contributed by atoms with Gasteiger partial charge in [0.2, 0.25) is 0 Å². The van der Waals surface area contributed by atoms with E-state index in [4.69, 9.17) is 5.73 Å². The molecule has 0 saturated carbocycles. The Balaban J connectivity index is 1.99. The Morgan fingerprint density at radius 2 is 1.89 bits per heavy atom. The van der Waals surface area contributed by atoms with E-state index in [-0.39, 0.29) is 5.56 Å². The maximum absolute atomic E-state index is 11.1. The summed E-state index contributed by atoms with van der Waals surface area (Å²) in [7, 11) is 0. The predicted octanol–water partition coefficient (Wildman–Crippen LogP) is 1.08. The minimum Gasteiger partial charge on any atom is -0.398 e. The molecule has 1 aromatic heterocycles. The van der Waals surface area contributed by atoms with E-state index in [1.807, 2.05) is 24.3 Å². The minimum absolute atomic E-state index is 0.381. The molecule has 1 aromatic carbocycles. The van der Waals surface area contributed by atoms with E-state index in [0.717, 1.165) is 17.0 Å². The number of hydrogen-bond acceptors (Lipinski definition) is 4. The van der Waals surface area contributed by atoms with Gasteiger partial charge in [-0.3, -0.25) is 9.78 Å². The van der Waals surface area contributed by atoms with Crippen LogP contribution < -0.4 is 17.0 Å². The maximum atomic E-state index is 11.1. The minimum atomic E-state index is -0.475. The van der Waals surface area contributed by atoms with E-state index in [1.165, 1.54) is 6.07 Å². The Bertz CT molecular complexity index is 620. The molecule has 0 bridgehead atoms. The second-order valence-electron chi connectivity index (χ2n) is 3.80. The average Bonchev–Trinajstić information content (AvgIpc) is 2.30. The molecule has 2 aromatic rings. The van der Waals surface area contributed by atoms with Crippen molar-refractivity contribution in [3.05, 3.63) is 62.4 Å². The highest BCUT2D eigenvalue weighted by Crippen LogP contribution is 2.20. The van der Waals surface area contributed by atoms with E-state index in [2.05, 4.69) is 9.97 Å². The van der Waals surface area contributed by atoms with Crippen LogP contribution in [0.5, 0.6) is 0 Å². The number of hydrogen-bond donors (Lipinski definition) is 3. The molecule has 0 spiro atoms. The molecule has 0 saturated heterocycles. The van der Waals surface area contributed by atoms with Crippen LogP contribution in [0.3, 0.4) is 0 Å². The molecule has 0 amide bonds. The summed E-state index contributed by atoms with van der Waals surface area (Å²) < 4.78 is 0. The second-order valence-corrected chi connectivity index (χ2v) is 4.79. The summed E-state index contributed by atoms with van der Waals surface area (Å²) >= 11 is 1.59. The molecule has 18 heavy (non-hydrogen) atoms. The molecule has 0 unspecified atom stereocenters. The third kappa shape index (κ3) is 3.27. The Kier molecular flexibility index (Phi) is 3.88. The molecule has 94 valence electrons. The molecule has 0 atom stereocenters. The molecule has 0 aliphatic heterocycles. The van der Waals surface area contributed by atoms with E-state index >= 15 is 0 Å². The number of nitrogens with one attached hydrogen (secondary N) is 2. The monoisotopic (exact) mass is 263 g/mol. The number of nitrogens with two attached hydrogens (primary N) is 1. The number of thioether (sulfide) groups is 1. The highest BCUT2D eigenvalue weighted by molar-refractivity contribution is 7.97. The smallest absolute Gasteiger partial charge is 0.325 e. The molecule has 5 nitrogen and oxygen atoms in total. The van der Waals surface area contributed by atoms with Crippen molar-refractivity contribution in [2.75, 3.05) is 5.73 Å². The summed E-state index contributed by atoms with van der Waals surface area (Å²) in [5.74, 6) is 1.30. The quantitative estimate of drug-likeness (QED) is 0.720. The number of rotatable bonds is 4. The van der Waals surface area contributed by atoms with E-state index in [1.54, 1.807) is 11.8 Å². The van der Waals surface area contributed by atoms with Gasteiger partial charge in [0.05, 0.1) is 0 Å². The van der Waals surface area contributed by atoms with Crippen molar-refractivity contribution in [3.63, 3.8) is 0 Å². The van der Waals surface area contributed by atoms with Crippen molar-refractivity contribution in [2.45, 2.75) is 11.5 Å². The van der Waals surface area contributed by atoms with Gasteiger partial charge in [0, 0.05) is 29.0 Å². The van der Waals surface area contributed by atoms with Crippen LogP contribution in [0.15, 0.2) is 39.9 Å². The number of para-hydroxylation sites is 1. The summed E-state index contributed by atoms with van der Waals surface area (Å²) in [6.07, 6.45) is 0. The SMILES string of the molecule is Nc1ccccc1CSCc1cc(=O)[nH]c(=O)[nH]1. The van der Waals surface area contributed by atoms with Crippen molar-refractivity contribution in [3.8, 4) is 0 Å². The lowest BCUT2D eigenvalue weighted by Gasteiger charge is -2.04. The second kappa shape index (κ2) is 5.59. The van der Waals surface area contributed by atoms with Crippen molar-refractivity contribution in [2.24, 2.45) is 0 Å². The van der Waals surface area contributed by atoms with E-state index in [9.17, 15) is 9.59 Å². The highest BCUT2D eigenvalue weighted by atomic mass is 32.2. The lowest BCUT2D eigenvalue weighted by atomic mass is 10.2. The fourth-order valence-electron chi connectivity index (χ4n) is 1.53. The number of aromatic nitrogens is 2. The summed E-state index contributed by atoms with van der Waals surface area (Å²) in [5.41, 5.74) is 7.39. The number of H-pyrrole nitrogens is 2. The molecular weight excluding hydrogens is 250 g/mol. The van der Waals surface area contributed by atoms with Crippen molar-refractivity contribution in [1.82, 2.24) is 9.97 Å². The Morgan fingerprint density at radius 1 is 1.11 bits per heavy atom. The Labute approximate surface area is 107 Å². The van der Waals surface area contributed by atoms with E-state index < -0.39 is 5.69 Å². The van der Waals surface area contributed by atoms with Crippen LogP contribution in [-0.4, -0.2) is 9.97 Å². The molecule has 0 fully saturated rings. The van der Waals surface area contributed by atoms with Crippen LogP contribution in [0, 0.1) is 0 Å². The number of benzene rings is 1. The summed E-state index contributed by atoms with van der Waals surface area (Å²) in [6.45, 7) is 0. The van der Waals surface area contributed by atoms with Gasteiger partial charge in [-0.15, -0.1) is 0 Å². The summed E-state index contributed by atoms with van der Waals surface area (Å²) in [4.78, 5) is 26.9. The van der Waals surface area contributed by atoms with Gasteiger partial charge in [0.1, 0.15) is 0 Å². The summed E-state index contributed by atoms with van der Waals surface area (Å²) in [5, 5.41) is 0. The van der Waals surface area contributed by atoms with Gasteiger partial charge < -0.3 is 10.7 Å². The Hall–Kier alpha value is -1.95.